The first kappa shape index (κ1) is 13.3. The summed E-state index contributed by atoms with van der Waals surface area (Å²) >= 11 is 12.0. The lowest BCUT2D eigenvalue weighted by Crippen LogP contribution is -2.14. The monoisotopic (exact) mass is 283 g/mol. The van der Waals surface area contributed by atoms with Gasteiger partial charge < -0.3 is 5.73 Å². The van der Waals surface area contributed by atoms with Gasteiger partial charge in [-0.1, -0.05) is 35.3 Å². The minimum absolute atomic E-state index is 0.335. The molecule has 4 heteroatoms. The molecule has 2 aromatic rings. The Bertz CT molecular complexity index is 584. The van der Waals surface area contributed by atoms with Crippen LogP contribution in [0.5, 0.6) is 0 Å². The van der Waals surface area contributed by atoms with Crippen LogP contribution < -0.4 is 5.73 Å². The maximum atomic E-state index is 13.9. The zero-order chi connectivity index (χ0) is 13.3. The van der Waals surface area contributed by atoms with Gasteiger partial charge in [0.2, 0.25) is 0 Å². The third kappa shape index (κ3) is 2.66. The van der Waals surface area contributed by atoms with Crippen LogP contribution in [0.4, 0.5) is 4.39 Å². The van der Waals surface area contributed by atoms with Gasteiger partial charge in [-0.15, -0.1) is 0 Å². The summed E-state index contributed by atoms with van der Waals surface area (Å²) in [5, 5.41) is 1.00. The number of halogens is 3. The third-order valence-corrected chi connectivity index (χ3v) is 3.36. The van der Waals surface area contributed by atoms with Crippen molar-refractivity contribution in [2.45, 2.75) is 13.0 Å². The van der Waals surface area contributed by atoms with Gasteiger partial charge in [0.25, 0.3) is 0 Å². The van der Waals surface area contributed by atoms with Gasteiger partial charge >= 0.3 is 0 Å². The van der Waals surface area contributed by atoms with E-state index in [1.54, 1.807) is 24.3 Å². The molecular weight excluding hydrogens is 272 g/mol. The molecule has 2 N–H and O–H groups in total. The van der Waals surface area contributed by atoms with Crippen molar-refractivity contribution in [2.75, 3.05) is 0 Å². The third-order valence-electron chi connectivity index (χ3n) is 2.78. The molecule has 0 aliphatic heterocycles. The molecule has 0 aliphatic rings. The zero-order valence-electron chi connectivity index (χ0n) is 9.75. The van der Waals surface area contributed by atoms with Gasteiger partial charge in [-0.05, 0) is 42.3 Å². The number of rotatable bonds is 2. The molecule has 0 radical (unpaired) electrons. The molecule has 2 rings (SSSR count). The van der Waals surface area contributed by atoms with Crippen LogP contribution in [0.3, 0.4) is 0 Å². The van der Waals surface area contributed by atoms with Crippen LogP contribution in [-0.4, -0.2) is 0 Å². The lowest BCUT2D eigenvalue weighted by Gasteiger charge is -2.15. The molecule has 1 nitrogen and oxygen atoms in total. The van der Waals surface area contributed by atoms with E-state index in [2.05, 4.69) is 0 Å². The van der Waals surface area contributed by atoms with E-state index in [0.717, 1.165) is 5.56 Å². The van der Waals surface area contributed by atoms with Gasteiger partial charge in [-0.3, -0.25) is 0 Å². The summed E-state index contributed by atoms with van der Waals surface area (Å²) in [5.41, 5.74) is 7.93. The maximum absolute atomic E-state index is 13.9. The molecule has 0 bridgehead atoms. The minimum Gasteiger partial charge on any atom is -0.320 e. The van der Waals surface area contributed by atoms with Crippen LogP contribution in [0.25, 0.3) is 0 Å². The second-order valence-electron chi connectivity index (χ2n) is 4.17. The van der Waals surface area contributed by atoms with Crippen LogP contribution in [0.15, 0.2) is 36.4 Å². The predicted molar refractivity (Wildman–Crippen MR) is 73.6 cm³/mol. The fourth-order valence-electron chi connectivity index (χ4n) is 1.80. The van der Waals surface area contributed by atoms with Crippen molar-refractivity contribution in [3.63, 3.8) is 0 Å². The standard InChI is InChI=1S/C14H12Cl2FN/c1-8-2-4-10(13(17)6-8)14(18)11-7-9(15)3-5-12(11)16/h2-7,14H,18H2,1H3. The Hall–Kier alpha value is -1.09. The van der Waals surface area contributed by atoms with Crippen molar-refractivity contribution in [3.8, 4) is 0 Å². The largest absolute Gasteiger partial charge is 0.320 e. The van der Waals surface area contributed by atoms with Crippen LogP contribution in [0.2, 0.25) is 10.0 Å². The second kappa shape index (κ2) is 5.27. The number of aryl methyl sites for hydroxylation is 1. The van der Waals surface area contributed by atoms with E-state index in [1.807, 2.05) is 13.0 Å². The van der Waals surface area contributed by atoms with Crippen LogP contribution in [-0.2, 0) is 0 Å². The van der Waals surface area contributed by atoms with E-state index < -0.39 is 6.04 Å². The topological polar surface area (TPSA) is 26.0 Å². The first-order valence-electron chi connectivity index (χ1n) is 5.45. The van der Waals surface area contributed by atoms with Crippen LogP contribution >= 0.6 is 23.2 Å². The quantitative estimate of drug-likeness (QED) is 0.864. The second-order valence-corrected chi connectivity index (χ2v) is 5.01. The summed E-state index contributed by atoms with van der Waals surface area (Å²) in [7, 11) is 0. The van der Waals surface area contributed by atoms with Crippen molar-refractivity contribution in [3.05, 3.63) is 69.0 Å². The summed E-state index contributed by atoms with van der Waals surface area (Å²) in [6, 6.07) is 9.30. The average Bonchev–Trinajstić information content (AvgIpc) is 2.31. The number of hydrogen-bond donors (Lipinski definition) is 1. The molecule has 0 saturated carbocycles. The fourth-order valence-corrected chi connectivity index (χ4v) is 2.22. The molecule has 0 aromatic heterocycles. The first-order chi connectivity index (χ1) is 8.49. The number of nitrogens with two attached hydrogens (primary N) is 1. The summed E-state index contributed by atoms with van der Waals surface area (Å²) in [5.74, 6) is -0.335. The molecule has 94 valence electrons. The van der Waals surface area contributed by atoms with E-state index in [1.165, 1.54) is 6.07 Å². The smallest absolute Gasteiger partial charge is 0.128 e. The lowest BCUT2D eigenvalue weighted by molar-refractivity contribution is 0.598. The summed E-state index contributed by atoms with van der Waals surface area (Å²) in [4.78, 5) is 0. The van der Waals surface area contributed by atoms with Gasteiger partial charge in [-0.25, -0.2) is 4.39 Å². The molecule has 0 amide bonds. The highest BCUT2D eigenvalue weighted by Gasteiger charge is 2.16. The average molecular weight is 284 g/mol. The van der Waals surface area contributed by atoms with E-state index in [0.29, 0.717) is 21.2 Å². The lowest BCUT2D eigenvalue weighted by atomic mass is 9.98. The molecule has 1 unspecified atom stereocenters. The van der Waals surface area contributed by atoms with E-state index in [9.17, 15) is 4.39 Å². The highest BCUT2D eigenvalue weighted by atomic mass is 35.5. The summed E-state index contributed by atoms with van der Waals surface area (Å²) < 4.78 is 13.9. The fraction of sp³-hybridized carbons (Fsp3) is 0.143. The van der Waals surface area contributed by atoms with Crippen molar-refractivity contribution in [1.29, 1.82) is 0 Å². The Kier molecular flexibility index (Phi) is 3.91. The number of benzene rings is 2. The van der Waals surface area contributed by atoms with Crippen molar-refractivity contribution >= 4 is 23.2 Å². The van der Waals surface area contributed by atoms with E-state index >= 15 is 0 Å². The zero-order valence-corrected chi connectivity index (χ0v) is 11.3. The summed E-state index contributed by atoms with van der Waals surface area (Å²) in [6.45, 7) is 1.82. The van der Waals surface area contributed by atoms with Crippen LogP contribution in [0.1, 0.15) is 22.7 Å². The SMILES string of the molecule is Cc1ccc(C(N)c2cc(Cl)ccc2Cl)c(F)c1. The molecule has 0 fully saturated rings. The Morgan fingerprint density at radius 2 is 1.78 bits per heavy atom. The molecule has 0 spiro atoms. The minimum atomic E-state index is -0.628. The first-order valence-corrected chi connectivity index (χ1v) is 6.21. The number of hydrogen-bond acceptors (Lipinski definition) is 1. The molecule has 2 aromatic carbocycles. The van der Waals surface area contributed by atoms with E-state index in [4.69, 9.17) is 28.9 Å². The van der Waals surface area contributed by atoms with Gasteiger partial charge in [-0.2, -0.15) is 0 Å². The Morgan fingerprint density at radius 1 is 1.06 bits per heavy atom. The van der Waals surface area contributed by atoms with Crippen molar-refractivity contribution in [2.24, 2.45) is 5.73 Å². The van der Waals surface area contributed by atoms with Crippen molar-refractivity contribution < 1.29 is 4.39 Å². The Morgan fingerprint density at radius 3 is 2.44 bits per heavy atom. The van der Waals surface area contributed by atoms with Gasteiger partial charge in [0.05, 0.1) is 6.04 Å². The van der Waals surface area contributed by atoms with Gasteiger partial charge in [0.1, 0.15) is 5.82 Å². The van der Waals surface area contributed by atoms with Crippen molar-refractivity contribution in [1.82, 2.24) is 0 Å². The highest BCUT2D eigenvalue weighted by Crippen LogP contribution is 2.30. The molecular formula is C14H12Cl2FN. The molecule has 18 heavy (non-hydrogen) atoms. The molecule has 0 heterocycles. The maximum Gasteiger partial charge on any atom is 0.128 e. The van der Waals surface area contributed by atoms with E-state index in [-0.39, 0.29) is 5.82 Å². The Labute approximate surface area is 115 Å². The predicted octanol–water partition coefficient (Wildman–Crippen LogP) is 4.49. The molecule has 0 aliphatic carbocycles. The highest BCUT2D eigenvalue weighted by molar-refractivity contribution is 6.33. The Balaban J connectivity index is 2.47. The van der Waals surface area contributed by atoms with Gasteiger partial charge in [0, 0.05) is 15.6 Å². The van der Waals surface area contributed by atoms with Crippen LogP contribution in [0, 0.1) is 12.7 Å². The van der Waals surface area contributed by atoms with Gasteiger partial charge in [0.15, 0.2) is 0 Å². The summed E-state index contributed by atoms with van der Waals surface area (Å²) in [6.07, 6.45) is 0. The molecule has 1 atom stereocenters. The normalized spacial score (nSPS) is 12.5. The molecule has 0 saturated heterocycles.